The quantitative estimate of drug-likeness (QED) is 0.724. The fourth-order valence-electron chi connectivity index (χ4n) is 2.35. The molecule has 0 bridgehead atoms. The first-order valence-corrected chi connectivity index (χ1v) is 7.77. The van der Waals surface area contributed by atoms with Crippen LogP contribution in [0.1, 0.15) is 42.4 Å². The molecule has 1 aromatic heterocycles. The Hall–Kier alpha value is -2.60. The molecule has 2 atom stereocenters. The van der Waals surface area contributed by atoms with Crippen LogP contribution in [0.4, 0.5) is 0 Å². The SMILES string of the molecule is CC(=O)NC(CC(=O)NCC(O)c1ccco1)c1ccc(C)cc1. The first-order valence-electron chi connectivity index (χ1n) is 7.77. The Balaban J connectivity index is 1.94. The molecular weight excluding hydrogens is 308 g/mol. The highest BCUT2D eigenvalue weighted by Gasteiger charge is 2.18. The second kappa shape index (κ2) is 8.31. The molecule has 0 saturated heterocycles. The standard InChI is InChI=1S/C18H22N2O4/c1-12-5-7-14(8-6-12)15(20-13(2)21)10-18(23)19-11-16(22)17-4-3-9-24-17/h3-9,15-16,22H,10-11H2,1-2H3,(H,19,23)(H,20,21). The molecule has 2 rings (SSSR count). The monoisotopic (exact) mass is 330 g/mol. The molecule has 0 saturated carbocycles. The summed E-state index contributed by atoms with van der Waals surface area (Å²) in [6.45, 7) is 3.44. The Morgan fingerprint density at radius 2 is 1.92 bits per heavy atom. The molecule has 2 aromatic rings. The van der Waals surface area contributed by atoms with Crippen molar-refractivity contribution in [1.82, 2.24) is 10.6 Å². The van der Waals surface area contributed by atoms with Gasteiger partial charge in [-0.2, -0.15) is 0 Å². The van der Waals surface area contributed by atoms with E-state index in [1.165, 1.54) is 13.2 Å². The van der Waals surface area contributed by atoms with Crippen molar-refractivity contribution in [3.05, 3.63) is 59.5 Å². The van der Waals surface area contributed by atoms with Gasteiger partial charge in [0.25, 0.3) is 0 Å². The van der Waals surface area contributed by atoms with Crippen LogP contribution in [0, 0.1) is 6.92 Å². The lowest BCUT2D eigenvalue weighted by molar-refractivity contribution is -0.123. The van der Waals surface area contributed by atoms with Gasteiger partial charge in [0.1, 0.15) is 11.9 Å². The average Bonchev–Trinajstić information content (AvgIpc) is 3.07. The number of aliphatic hydroxyl groups excluding tert-OH is 1. The molecule has 128 valence electrons. The zero-order valence-electron chi connectivity index (χ0n) is 13.8. The van der Waals surface area contributed by atoms with E-state index in [-0.39, 0.29) is 24.8 Å². The van der Waals surface area contributed by atoms with Crippen LogP contribution in [-0.2, 0) is 9.59 Å². The summed E-state index contributed by atoms with van der Waals surface area (Å²) < 4.78 is 5.08. The number of hydrogen-bond acceptors (Lipinski definition) is 4. The zero-order chi connectivity index (χ0) is 17.5. The van der Waals surface area contributed by atoms with Gasteiger partial charge in [0.2, 0.25) is 11.8 Å². The third-order valence-corrected chi connectivity index (χ3v) is 3.61. The van der Waals surface area contributed by atoms with Crippen LogP contribution in [0.5, 0.6) is 0 Å². The number of hydrogen-bond donors (Lipinski definition) is 3. The maximum Gasteiger partial charge on any atom is 0.222 e. The number of carbonyl (C=O) groups is 2. The van der Waals surface area contributed by atoms with E-state index in [1.807, 2.05) is 31.2 Å². The number of aryl methyl sites for hydroxylation is 1. The Morgan fingerprint density at radius 3 is 2.50 bits per heavy atom. The van der Waals surface area contributed by atoms with E-state index in [1.54, 1.807) is 12.1 Å². The Kier molecular flexibility index (Phi) is 6.14. The molecule has 24 heavy (non-hydrogen) atoms. The molecule has 0 radical (unpaired) electrons. The lowest BCUT2D eigenvalue weighted by Crippen LogP contribution is -2.34. The molecule has 0 fully saturated rings. The Labute approximate surface area is 140 Å². The summed E-state index contributed by atoms with van der Waals surface area (Å²) >= 11 is 0. The highest BCUT2D eigenvalue weighted by atomic mass is 16.4. The maximum atomic E-state index is 12.1. The highest BCUT2D eigenvalue weighted by Crippen LogP contribution is 2.18. The van der Waals surface area contributed by atoms with Crippen LogP contribution in [0.15, 0.2) is 47.1 Å². The van der Waals surface area contributed by atoms with E-state index in [0.717, 1.165) is 11.1 Å². The Bertz CT molecular complexity index is 665. The number of benzene rings is 1. The number of carbonyl (C=O) groups excluding carboxylic acids is 2. The van der Waals surface area contributed by atoms with Gasteiger partial charge >= 0.3 is 0 Å². The number of nitrogens with one attached hydrogen (secondary N) is 2. The molecular formula is C18H22N2O4. The summed E-state index contributed by atoms with van der Waals surface area (Å²) in [6, 6.07) is 10.5. The number of aliphatic hydroxyl groups is 1. The van der Waals surface area contributed by atoms with E-state index in [2.05, 4.69) is 10.6 Å². The second-order valence-corrected chi connectivity index (χ2v) is 5.70. The second-order valence-electron chi connectivity index (χ2n) is 5.70. The fourth-order valence-corrected chi connectivity index (χ4v) is 2.35. The highest BCUT2D eigenvalue weighted by molar-refractivity contribution is 5.79. The molecule has 3 N–H and O–H groups in total. The van der Waals surface area contributed by atoms with E-state index >= 15 is 0 Å². The molecule has 1 aromatic carbocycles. The van der Waals surface area contributed by atoms with Gasteiger partial charge < -0.3 is 20.2 Å². The first-order chi connectivity index (χ1) is 11.5. The molecule has 6 heteroatoms. The van der Waals surface area contributed by atoms with Crippen LogP contribution in [-0.4, -0.2) is 23.5 Å². The van der Waals surface area contributed by atoms with Crippen molar-refractivity contribution in [3.63, 3.8) is 0 Å². The number of amides is 2. The predicted octanol–water partition coefficient (Wildman–Crippen LogP) is 2.01. The van der Waals surface area contributed by atoms with Crippen LogP contribution in [0.25, 0.3) is 0 Å². The Morgan fingerprint density at radius 1 is 1.21 bits per heavy atom. The van der Waals surface area contributed by atoms with Gasteiger partial charge in [-0.15, -0.1) is 0 Å². The minimum atomic E-state index is -0.900. The van der Waals surface area contributed by atoms with Gasteiger partial charge in [0.05, 0.1) is 25.3 Å². The van der Waals surface area contributed by atoms with Gasteiger partial charge in [0.15, 0.2) is 0 Å². The minimum absolute atomic E-state index is 0.0486. The lowest BCUT2D eigenvalue weighted by atomic mass is 10.0. The molecule has 2 amide bonds. The summed E-state index contributed by atoms with van der Waals surface area (Å²) in [5.41, 5.74) is 1.96. The number of furan rings is 1. The first kappa shape index (κ1) is 17.7. The number of rotatable bonds is 7. The third-order valence-electron chi connectivity index (χ3n) is 3.61. The van der Waals surface area contributed by atoms with Gasteiger partial charge in [-0.1, -0.05) is 29.8 Å². The van der Waals surface area contributed by atoms with Crippen LogP contribution in [0.3, 0.4) is 0 Å². The van der Waals surface area contributed by atoms with Crippen molar-refractivity contribution in [2.75, 3.05) is 6.54 Å². The third kappa shape index (κ3) is 5.24. The van der Waals surface area contributed by atoms with Crippen LogP contribution < -0.4 is 10.6 Å². The largest absolute Gasteiger partial charge is 0.467 e. The normalized spacial score (nSPS) is 13.1. The molecule has 6 nitrogen and oxygen atoms in total. The average molecular weight is 330 g/mol. The van der Waals surface area contributed by atoms with Gasteiger partial charge in [0, 0.05) is 6.92 Å². The fraction of sp³-hybridized carbons (Fsp3) is 0.333. The van der Waals surface area contributed by atoms with Crippen molar-refractivity contribution in [1.29, 1.82) is 0 Å². The predicted molar refractivity (Wildman–Crippen MR) is 89.0 cm³/mol. The summed E-state index contributed by atoms with van der Waals surface area (Å²) in [6.07, 6.45) is 0.653. The lowest BCUT2D eigenvalue weighted by Gasteiger charge is -2.19. The summed E-state index contributed by atoms with van der Waals surface area (Å²) in [5.74, 6) is -0.0730. The van der Waals surface area contributed by atoms with E-state index in [9.17, 15) is 14.7 Å². The van der Waals surface area contributed by atoms with Crippen molar-refractivity contribution in [3.8, 4) is 0 Å². The van der Waals surface area contributed by atoms with Crippen LogP contribution in [0.2, 0.25) is 0 Å². The molecule has 0 aliphatic carbocycles. The molecule has 1 heterocycles. The van der Waals surface area contributed by atoms with Gasteiger partial charge in [-0.25, -0.2) is 0 Å². The topological polar surface area (TPSA) is 91.6 Å². The van der Waals surface area contributed by atoms with Crippen molar-refractivity contribution in [2.45, 2.75) is 32.4 Å². The summed E-state index contributed by atoms with van der Waals surface area (Å²) in [4.78, 5) is 23.5. The van der Waals surface area contributed by atoms with Gasteiger partial charge in [-0.3, -0.25) is 9.59 Å². The summed E-state index contributed by atoms with van der Waals surface area (Å²) in [5, 5.41) is 15.3. The molecule has 0 aliphatic heterocycles. The smallest absolute Gasteiger partial charge is 0.222 e. The van der Waals surface area contributed by atoms with Gasteiger partial charge in [-0.05, 0) is 24.6 Å². The van der Waals surface area contributed by atoms with E-state index in [0.29, 0.717) is 5.76 Å². The van der Waals surface area contributed by atoms with E-state index < -0.39 is 12.1 Å². The molecule has 0 aliphatic rings. The minimum Gasteiger partial charge on any atom is -0.467 e. The molecule has 2 unspecified atom stereocenters. The van der Waals surface area contributed by atoms with Crippen molar-refractivity contribution >= 4 is 11.8 Å². The van der Waals surface area contributed by atoms with Crippen molar-refractivity contribution < 1.29 is 19.1 Å². The zero-order valence-corrected chi connectivity index (χ0v) is 13.8. The molecule has 0 spiro atoms. The summed E-state index contributed by atoms with van der Waals surface area (Å²) in [7, 11) is 0. The maximum absolute atomic E-state index is 12.1. The van der Waals surface area contributed by atoms with E-state index in [4.69, 9.17) is 4.42 Å². The van der Waals surface area contributed by atoms with Crippen LogP contribution >= 0.6 is 0 Å². The van der Waals surface area contributed by atoms with Crippen molar-refractivity contribution in [2.24, 2.45) is 0 Å².